The molecule has 0 aliphatic carbocycles. The van der Waals surface area contributed by atoms with Crippen LogP contribution in [0.5, 0.6) is 17.2 Å². The van der Waals surface area contributed by atoms with Crippen LogP contribution in [-0.4, -0.2) is 19.2 Å². The molecule has 1 aromatic heterocycles. The molecule has 0 fully saturated rings. The number of aryl methyl sites for hydroxylation is 1. The maximum absolute atomic E-state index is 12.1. The van der Waals surface area contributed by atoms with Gasteiger partial charge in [0.15, 0.2) is 11.5 Å². The van der Waals surface area contributed by atoms with Crippen molar-refractivity contribution in [1.29, 1.82) is 5.26 Å². The number of H-pyrrole nitrogens is 1. The van der Waals surface area contributed by atoms with Gasteiger partial charge in [-0.3, -0.25) is 4.79 Å². The number of nitrogens with one attached hydrogen (secondary N) is 1. The van der Waals surface area contributed by atoms with E-state index in [1.54, 1.807) is 33.3 Å². The van der Waals surface area contributed by atoms with Crippen LogP contribution in [0, 0.1) is 18.3 Å². The molecule has 0 aliphatic heterocycles. The Labute approximate surface area is 162 Å². The van der Waals surface area contributed by atoms with Crippen LogP contribution in [0.1, 0.15) is 16.8 Å². The van der Waals surface area contributed by atoms with E-state index in [2.05, 4.69) is 4.98 Å². The molecule has 0 aliphatic rings. The number of para-hydroxylation sites is 2. The third-order valence-corrected chi connectivity index (χ3v) is 4.32. The van der Waals surface area contributed by atoms with Crippen molar-refractivity contribution in [2.45, 2.75) is 13.5 Å². The summed E-state index contributed by atoms with van der Waals surface area (Å²) in [5.74, 6) is 1.90. The van der Waals surface area contributed by atoms with E-state index in [1.807, 2.05) is 42.5 Å². The molecule has 0 unspecified atom stereocenters. The topological polar surface area (TPSA) is 84.3 Å². The number of rotatable bonds is 6. The van der Waals surface area contributed by atoms with E-state index in [0.717, 1.165) is 11.1 Å². The molecule has 0 amide bonds. The molecule has 0 atom stereocenters. The third kappa shape index (κ3) is 3.84. The van der Waals surface area contributed by atoms with Crippen molar-refractivity contribution in [3.05, 3.63) is 75.7 Å². The summed E-state index contributed by atoms with van der Waals surface area (Å²) in [5, 5.41) is 9.40. The zero-order chi connectivity index (χ0) is 20.1. The highest BCUT2D eigenvalue weighted by molar-refractivity contribution is 5.71. The third-order valence-electron chi connectivity index (χ3n) is 4.32. The minimum absolute atomic E-state index is 0.0763. The number of nitriles is 1. The van der Waals surface area contributed by atoms with Crippen molar-refractivity contribution in [2.24, 2.45) is 0 Å². The lowest BCUT2D eigenvalue weighted by molar-refractivity contribution is 0.278. The molecule has 6 nitrogen and oxygen atoms in total. The molecular weight excluding hydrogens is 356 g/mol. The molecule has 3 rings (SSSR count). The minimum atomic E-state index is -0.403. The molecule has 1 N–H and O–H groups in total. The van der Waals surface area contributed by atoms with Gasteiger partial charge in [0.05, 0.1) is 14.2 Å². The van der Waals surface area contributed by atoms with Gasteiger partial charge in [-0.1, -0.05) is 18.2 Å². The number of pyridine rings is 1. The molecule has 1 heterocycles. The highest BCUT2D eigenvalue weighted by atomic mass is 16.5. The number of nitrogens with zero attached hydrogens (tertiary/aromatic N) is 1. The maximum atomic E-state index is 12.1. The Balaban J connectivity index is 2.00. The fourth-order valence-corrected chi connectivity index (χ4v) is 2.98. The molecule has 0 bridgehead atoms. The van der Waals surface area contributed by atoms with Crippen LogP contribution in [0.2, 0.25) is 0 Å². The Bertz CT molecular complexity index is 1100. The van der Waals surface area contributed by atoms with Crippen molar-refractivity contribution < 1.29 is 14.2 Å². The van der Waals surface area contributed by atoms with Gasteiger partial charge in [0.1, 0.15) is 24.0 Å². The second-order valence-corrected chi connectivity index (χ2v) is 6.15. The normalized spacial score (nSPS) is 10.2. The van der Waals surface area contributed by atoms with Crippen LogP contribution in [-0.2, 0) is 6.61 Å². The number of aromatic nitrogens is 1. The average molecular weight is 376 g/mol. The Hall–Kier alpha value is -3.72. The lowest BCUT2D eigenvalue weighted by Gasteiger charge is -2.14. The molecular formula is C22H20N2O4. The predicted molar refractivity (Wildman–Crippen MR) is 106 cm³/mol. The van der Waals surface area contributed by atoms with E-state index in [4.69, 9.17) is 14.2 Å². The maximum Gasteiger partial charge on any atom is 0.266 e. The minimum Gasteiger partial charge on any atom is -0.496 e. The van der Waals surface area contributed by atoms with Gasteiger partial charge in [-0.2, -0.15) is 5.26 Å². The quantitative estimate of drug-likeness (QED) is 0.707. The summed E-state index contributed by atoms with van der Waals surface area (Å²) in [5.41, 5.74) is 2.46. The van der Waals surface area contributed by atoms with E-state index >= 15 is 0 Å². The van der Waals surface area contributed by atoms with Crippen molar-refractivity contribution in [1.82, 2.24) is 4.98 Å². The molecule has 0 radical (unpaired) electrons. The van der Waals surface area contributed by atoms with Gasteiger partial charge in [-0.15, -0.1) is 0 Å². The van der Waals surface area contributed by atoms with Crippen molar-refractivity contribution in [2.75, 3.05) is 14.2 Å². The van der Waals surface area contributed by atoms with Crippen molar-refractivity contribution in [3.63, 3.8) is 0 Å². The number of ether oxygens (including phenoxy) is 3. The second kappa shape index (κ2) is 8.31. The van der Waals surface area contributed by atoms with Gasteiger partial charge in [0, 0.05) is 16.8 Å². The van der Waals surface area contributed by atoms with Crippen molar-refractivity contribution >= 4 is 0 Å². The number of aromatic amines is 1. The number of hydrogen-bond acceptors (Lipinski definition) is 5. The Morgan fingerprint density at radius 2 is 1.71 bits per heavy atom. The molecule has 142 valence electrons. The van der Waals surface area contributed by atoms with Gasteiger partial charge in [0.2, 0.25) is 0 Å². The molecule has 3 aromatic rings. The number of benzene rings is 2. The Morgan fingerprint density at radius 1 is 1.00 bits per heavy atom. The fourth-order valence-electron chi connectivity index (χ4n) is 2.98. The molecule has 0 saturated carbocycles. The summed E-state index contributed by atoms with van der Waals surface area (Å²) in [6, 6.07) is 16.6. The fraction of sp³-hybridized carbons (Fsp3) is 0.182. The SMILES string of the molecule is COc1ccc(-c2cc(C)[nH]c(=O)c2C#N)cc1COc1ccccc1OC. The van der Waals surface area contributed by atoms with E-state index in [1.165, 1.54) is 0 Å². The molecule has 0 saturated heterocycles. The van der Waals surface area contributed by atoms with Gasteiger partial charge >= 0.3 is 0 Å². The monoisotopic (exact) mass is 376 g/mol. The summed E-state index contributed by atoms with van der Waals surface area (Å²) in [6.07, 6.45) is 0. The van der Waals surface area contributed by atoms with E-state index in [-0.39, 0.29) is 12.2 Å². The van der Waals surface area contributed by atoms with Crippen molar-refractivity contribution in [3.8, 4) is 34.4 Å². The zero-order valence-corrected chi connectivity index (χ0v) is 15.9. The predicted octanol–water partition coefficient (Wildman–Crippen LogP) is 3.82. The second-order valence-electron chi connectivity index (χ2n) is 6.15. The summed E-state index contributed by atoms with van der Waals surface area (Å²) in [4.78, 5) is 14.8. The standard InChI is InChI=1S/C22H20N2O4/c1-14-10-17(18(12-23)22(25)24-14)15-8-9-19(26-2)16(11-15)13-28-21-7-5-4-6-20(21)27-3/h4-11H,13H2,1-3H3,(H,24,25). The molecule has 6 heteroatoms. The van der Waals surface area contributed by atoms with Gasteiger partial charge < -0.3 is 19.2 Å². The van der Waals surface area contributed by atoms with Crippen LogP contribution in [0.15, 0.2) is 53.3 Å². The highest BCUT2D eigenvalue weighted by Gasteiger charge is 2.14. The number of hydrogen-bond donors (Lipinski definition) is 1. The summed E-state index contributed by atoms with van der Waals surface area (Å²) >= 11 is 0. The number of methoxy groups -OCH3 is 2. The van der Waals surface area contributed by atoms with Gasteiger partial charge in [-0.25, -0.2) is 0 Å². The summed E-state index contributed by atoms with van der Waals surface area (Å²) in [7, 11) is 3.17. The first-order chi connectivity index (χ1) is 13.6. The van der Waals surface area contributed by atoms with E-state index < -0.39 is 5.56 Å². The van der Waals surface area contributed by atoms with E-state index in [0.29, 0.717) is 28.5 Å². The average Bonchev–Trinajstić information content (AvgIpc) is 2.71. The lowest BCUT2D eigenvalue weighted by atomic mass is 9.99. The summed E-state index contributed by atoms with van der Waals surface area (Å²) in [6.45, 7) is 2.02. The Kier molecular flexibility index (Phi) is 5.66. The van der Waals surface area contributed by atoms with Crippen LogP contribution in [0.3, 0.4) is 0 Å². The smallest absolute Gasteiger partial charge is 0.266 e. The van der Waals surface area contributed by atoms with Gasteiger partial charge in [0.25, 0.3) is 5.56 Å². The zero-order valence-electron chi connectivity index (χ0n) is 15.9. The molecule has 2 aromatic carbocycles. The largest absolute Gasteiger partial charge is 0.496 e. The van der Waals surface area contributed by atoms with Crippen LogP contribution in [0.4, 0.5) is 0 Å². The van der Waals surface area contributed by atoms with E-state index in [9.17, 15) is 10.1 Å². The van der Waals surface area contributed by atoms with Crippen LogP contribution in [0.25, 0.3) is 11.1 Å². The highest BCUT2D eigenvalue weighted by Crippen LogP contribution is 2.31. The molecule has 0 spiro atoms. The Morgan fingerprint density at radius 3 is 2.39 bits per heavy atom. The first kappa shape index (κ1) is 19.1. The van der Waals surface area contributed by atoms with Gasteiger partial charge in [-0.05, 0) is 42.8 Å². The first-order valence-corrected chi connectivity index (χ1v) is 8.64. The van der Waals surface area contributed by atoms with Crippen LogP contribution >= 0.6 is 0 Å². The van der Waals surface area contributed by atoms with Crippen LogP contribution < -0.4 is 19.8 Å². The summed E-state index contributed by atoms with van der Waals surface area (Å²) < 4.78 is 16.7. The molecule has 28 heavy (non-hydrogen) atoms. The first-order valence-electron chi connectivity index (χ1n) is 8.64. The lowest BCUT2D eigenvalue weighted by Crippen LogP contribution is -2.12.